The number of aromatic amines is 3. The highest BCUT2D eigenvalue weighted by Crippen LogP contribution is 2.40. The second-order valence-corrected chi connectivity index (χ2v) is 17.0. The van der Waals surface area contributed by atoms with Crippen molar-refractivity contribution >= 4 is 104 Å². The average Bonchev–Trinajstić information content (AvgIpc) is 4.10. The first-order valence-corrected chi connectivity index (χ1v) is 21.9. The van der Waals surface area contributed by atoms with Gasteiger partial charge < -0.3 is 9.97 Å². The van der Waals surface area contributed by atoms with Gasteiger partial charge in [0.25, 0.3) is 0 Å². The van der Waals surface area contributed by atoms with Gasteiger partial charge in [-0.2, -0.15) is 10.2 Å². The zero-order valence-corrected chi connectivity index (χ0v) is 34.7. The molecule has 290 valence electrons. The molecule has 10 nitrogen and oxygen atoms in total. The fourth-order valence-corrected chi connectivity index (χ4v) is 9.14. The lowest BCUT2D eigenvalue weighted by Crippen LogP contribution is -1.93. The topological polar surface area (TPSA) is 130 Å². The van der Waals surface area contributed by atoms with Crippen molar-refractivity contribution in [2.24, 2.45) is 0 Å². The van der Waals surface area contributed by atoms with Gasteiger partial charge in [-0.15, -0.1) is 0 Å². The Hall–Kier alpha value is -6.91. The fourth-order valence-electron chi connectivity index (χ4n) is 7.96. The summed E-state index contributed by atoms with van der Waals surface area (Å²) in [6.45, 7) is 1.98. The number of rotatable bonds is 5. The van der Waals surface area contributed by atoms with Crippen molar-refractivity contribution < 1.29 is 0 Å². The van der Waals surface area contributed by atoms with Gasteiger partial charge in [-0.05, 0) is 85.0 Å². The molecule has 6 heterocycles. The number of pyridine rings is 2. The Morgan fingerprint density at radius 3 is 1.70 bits per heavy atom. The SMILES string of the molecule is Clc1cccc2[nH]c(-c3n[nH]c4ccc(-c5cncc6ccccc56)cc34)nc12.[B]P(C)n1nc(-c2nc3c(Cl)cccc3[nH]2)c2cc(-c3cncc4ccccc34)ccc21. The molecule has 12 aromatic rings. The number of H-pyrrole nitrogens is 3. The molecular formula is C47H30BCl2N10P. The maximum absolute atomic E-state index is 6.36. The van der Waals surface area contributed by atoms with E-state index in [0.717, 1.165) is 93.7 Å². The van der Waals surface area contributed by atoms with Crippen molar-refractivity contribution in [3.8, 4) is 45.3 Å². The molecule has 3 N–H and O–H groups in total. The summed E-state index contributed by atoms with van der Waals surface area (Å²) in [6.07, 6.45) is 7.59. The lowest BCUT2D eigenvalue weighted by atomic mass is 9.99. The van der Waals surface area contributed by atoms with Crippen LogP contribution < -0.4 is 0 Å². The molecule has 0 saturated carbocycles. The molecule has 0 aliphatic rings. The molecule has 0 spiro atoms. The molecule has 0 bridgehead atoms. The molecule has 0 aliphatic heterocycles. The Morgan fingerprint density at radius 2 is 1.11 bits per heavy atom. The van der Waals surface area contributed by atoms with Crippen LogP contribution in [-0.4, -0.2) is 63.9 Å². The lowest BCUT2D eigenvalue weighted by molar-refractivity contribution is 1.02. The van der Waals surface area contributed by atoms with Crippen LogP contribution in [0, 0.1) is 0 Å². The predicted molar refractivity (Wildman–Crippen MR) is 251 cm³/mol. The minimum absolute atomic E-state index is 0.604. The first-order valence-electron chi connectivity index (χ1n) is 19.3. The highest BCUT2D eigenvalue weighted by Gasteiger charge is 2.20. The van der Waals surface area contributed by atoms with Crippen LogP contribution in [0.3, 0.4) is 0 Å². The number of aromatic nitrogens is 10. The molecule has 14 heteroatoms. The van der Waals surface area contributed by atoms with E-state index in [4.69, 9.17) is 40.9 Å². The Bertz CT molecular complexity index is 3640. The van der Waals surface area contributed by atoms with Gasteiger partial charge >= 0.3 is 0 Å². The summed E-state index contributed by atoms with van der Waals surface area (Å²) in [7, 11) is 5.34. The zero-order chi connectivity index (χ0) is 41.2. The smallest absolute Gasteiger partial charge is 0.159 e. The minimum atomic E-state index is -0.962. The van der Waals surface area contributed by atoms with Crippen molar-refractivity contribution in [2.75, 3.05) is 6.66 Å². The third-order valence-electron chi connectivity index (χ3n) is 10.9. The van der Waals surface area contributed by atoms with E-state index in [9.17, 15) is 0 Å². The predicted octanol–water partition coefficient (Wildman–Crippen LogP) is 12.4. The second-order valence-electron chi connectivity index (χ2n) is 14.6. The zero-order valence-electron chi connectivity index (χ0n) is 32.3. The van der Waals surface area contributed by atoms with Gasteiger partial charge in [0.1, 0.15) is 30.0 Å². The summed E-state index contributed by atoms with van der Waals surface area (Å²) in [5.41, 5.74) is 11.0. The van der Waals surface area contributed by atoms with Crippen molar-refractivity contribution in [1.29, 1.82) is 0 Å². The molecule has 0 aliphatic carbocycles. The first-order chi connectivity index (χ1) is 29.9. The number of fused-ring (bicyclic) bond motifs is 6. The number of imidazole rings is 2. The second kappa shape index (κ2) is 15.0. The molecule has 61 heavy (non-hydrogen) atoms. The first kappa shape index (κ1) is 37.1. The number of hydrogen-bond donors (Lipinski definition) is 3. The molecule has 0 fully saturated rings. The maximum Gasteiger partial charge on any atom is 0.159 e. The van der Waals surface area contributed by atoms with Crippen LogP contribution in [0.1, 0.15) is 0 Å². The van der Waals surface area contributed by atoms with E-state index in [0.29, 0.717) is 21.7 Å². The average molecular weight is 848 g/mol. The summed E-state index contributed by atoms with van der Waals surface area (Å²) in [5, 5.41) is 20.2. The molecule has 0 amide bonds. The van der Waals surface area contributed by atoms with E-state index in [-0.39, 0.29) is 0 Å². The Morgan fingerprint density at radius 1 is 0.557 bits per heavy atom. The van der Waals surface area contributed by atoms with Gasteiger partial charge in [0, 0.05) is 57.5 Å². The van der Waals surface area contributed by atoms with Crippen molar-refractivity contribution in [2.45, 2.75) is 0 Å². The monoisotopic (exact) mass is 846 g/mol. The van der Waals surface area contributed by atoms with E-state index in [1.807, 2.05) is 103 Å². The minimum Gasteiger partial charge on any atom is -0.337 e. The van der Waals surface area contributed by atoms with Crippen molar-refractivity contribution in [3.05, 3.63) is 156 Å². The number of hydrogen-bond acceptors (Lipinski definition) is 6. The van der Waals surface area contributed by atoms with Crippen LogP contribution in [0.5, 0.6) is 0 Å². The summed E-state index contributed by atoms with van der Waals surface area (Å²) >= 11 is 12.7. The van der Waals surface area contributed by atoms with Crippen molar-refractivity contribution in [3.63, 3.8) is 0 Å². The van der Waals surface area contributed by atoms with E-state index >= 15 is 0 Å². The van der Waals surface area contributed by atoms with Crippen LogP contribution in [0.4, 0.5) is 0 Å². The number of para-hydroxylation sites is 2. The van der Waals surface area contributed by atoms with Crippen LogP contribution in [-0.2, 0) is 0 Å². The Balaban J connectivity index is 0.000000138. The number of nitrogens with zero attached hydrogens (tertiary/aromatic N) is 7. The summed E-state index contributed by atoms with van der Waals surface area (Å²) in [6, 6.07) is 40.5. The number of benzene rings is 6. The van der Waals surface area contributed by atoms with Gasteiger partial charge in [0.2, 0.25) is 0 Å². The summed E-state index contributed by atoms with van der Waals surface area (Å²) in [5.74, 6) is 1.36. The van der Waals surface area contributed by atoms with E-state index < -0.39 is 7.95 Å². The maximum atomic E-state index is 6.36. The van der Waals surface area contributed by atoms with Crippen LogP contribution in [0.25, 0.3) is 111 Å². The van der Waals surface area contributed by atoms with Gasteiger partial charge in [0.05, 0.1) is 32.1 Å². The largest absolute Gasteiger partial charge is 0.337 e. The Labute approximate surface area is 360 Å². The molecule has 1 unspecified atom stereocenters. The van der Waals surface area contributed by atoms with Crippen molar-refractivity contribution in [1.82, 2.24) is 49.7 Å². The van der Waals surface area contributed by atoms with Gasteiger partial charge in [-0.3, -0.25) is 19.5 Å². The number of halogens is 2. The molecule has 6 aromatic heterocycles. The summed E-state index contributed by atoms with van der Waals surface area (Å²) < 4.78 is 1.89. The molecule has 2 radical (unpaired) electrons. The highest BCUT2D eigenvalue weighted by molar-refractivity contribution is 7.80. The van der Waals surface area contributed by atoms with Gasteiger partial charge in [-0.25, -0.2) is 9.97 Å². The quantitative estimate of drug-likeness (QED) is 0.117. The third-order valence-corrected chi connectivity index (χ3v) is 12.4. The molecule has 12 rings (SSSR count). The van der Waals surface area contributed by atoms with E-state index in [1.54, 1.807) is 0 Å². The van der Waals surface area contributed by atoms with E-state index in [1.165, 1.54) is 5.39 Å². The third kappa shape index (κ3) is 6.49. The fraction of sp³-hybridized carbons (Fsp3) is 0.0213. The van der Waals surface area contributed by atoms with Gasteiger partial charge in [-0.1, -0.05) is 96.0 Å². The van der Waals surface area contributed by atoms with Gasteiger partial charge in [0.15, 0.2) is 11.6 Å². The van der Waals surface area contributed by atoms with Crippen LogP contribution in [0.2, 0.25) is 10.0 Å². The lowest BCUT2D eigenvalue weighted by Gasteiger charge is -2.09. The molecule has 6 aromatic carbocycles. The highest BCUT2D eigenvalue weighted by atomic mass is 35.5. The normalized spacial score (nSPS) is 12.2. The molecular weight excluding hydrogens is 817 g/mol. The van der Waals surface area contributed by atoms with Crippen LogP contribution in [0.15, 0.2) is 146 Å². The van der Waals surface area contributed by atoms with Crippen LogP contribution >= 0.6 is 31.2 Å². The van der Waals surface area contributed by atoms with E-state index in [2.05, 4.69) is 89.7 Å². The number of nitrogens with one attached hydrogen (secondary N) is 3. The standard InChI is InChI=1S/C24H16BClN5P.C23H14ClN5/c1-32(25)31-21-10-9-14(18-13-27-12-15-5-2-3-6-16(15)18)11-17(21)22(30-31)24-28-20-8-4-7-19(26)23(20)29-24;24-18-6-3-7-20-22(18)27-23(26-20)21-16-10-13(8-9-19(16)28-29-21)17-12-25-11-14-4-1-2-5-15(14)17/h2-13H,1H3,(H,28,29);1-12H,(H,26,27)(H,28,29). The summed E-state index contributed by atoms with van der Waals surface area (Å²) in [4.78, 5) is 25.0. The Kier molecular flexibility index (Phi) is 9.11. The molecule has 1 atom stereocenters. The molecule has 0 saturated heterocycles.